The molecule has 0 bridgehead atoms. The molecule has 2 N–H and O–H groups in total. The van der Waals surface area contributed by atoms with Crippen LogP contribution in [-0.2, 0) is 6.61 Å². The molecule has 6 heteroatoms. The van der Waals surface area contributed by atoms with E-state index in [1.807, 2.05) is 0 Å². The van der Waals surface area contributed by atoms with Gasteiger partial charge in [0, 0.05) is 5.56 Å². The largest absolute Gasteiger partial charge is 0.392 e. The predicted molar refractivity (Wildman–Crippen MR) is 66.4 cm³/mol. The second kappa shape index (κ2) is 5.71. The summed E-state index contributed by atoms with van der Waals surface area (Å²) in [4.78, 5) is 7.54. The molecule has 0 saturated heterocycles. The van der Waals surface area contributed by atoms with Crippen LogP contribution in [0, 0.1) is 11.6 Å². The average Bonchev–Trinajstić information content (AvgIpc) is 2.41. The van der Waals surface area contributed by atoms with Gasteiger partial charge in [0.2, 0.25) is 5.95 Å². The summed E-state index contributed by atoms with van der Waals surface area (Å²) >= 11 is 0. The minimum absolute atomic E-state index is 0.243. The van der Waals surface area contributed by atoms with Crippen molar-refractivity contribution < 1.29 is 13.9 Å². The molecule has 0 aliphatic rings. The van der Waals surface area contributed by atoms with Crippen LogP contribution in [0.5, 0.6) is 0 Å². The van der Waals surface area contributed by atoms with Gasteiger partial charge in [-0.1, -0.05) is 12.1 Å². The van der Waals surface area contributed by atoms with Crippen LogP contribution in [0.2, 0.25) is 0 Å². The van der Waals surface area contributed by atoms with Crippen LogP contribution in [0.15, 0.2) is 30.6 Å². The second-order valence-electron chi connectivity index (χ2n) is 4.10. The highest BCUT2D eigenvalue weighted by atomic mass is 19.1. The summed E-state index contributed by atoms with van der Waals surface area (Å²) in [6, 6.07) is 4.32. The van der Waals surface area contributed by atoms with E-state index < -0.39 is 11.6 Å². The summed E-state index contributed by atoms with van der Waals surface area (Å²) in [7, 11) is 0. The first-order chi connectivity index (χ1) is 9.10. The predicted octanol–water partition coefficient (Wildman–Crippen LogP) is 2.42. The third kappa shape index (κ3) is 3.23. The standard InChI is InChI=1S/C13H13F2N3O/c1-8(18-13-16-5-11(14)6-17-13)9-2-3-10(7-19)12(15)4-9/h2-6,8,19H,7H2,1H3,(H,16,17,18)/t8-/m0/s1. The molecular formula is C13H13F2N3O. The maximum atomic E-state index is 13.5. The lowest BCUT2D eigenvalue weighted by Gasteiger charge is -2.14. The third-order valence-electron chi connectivity index (χ3n) is 2.71. The van der Waals surface area contributed by atoms with Gasteiger partial charge >= 0.3 is 0 Å². The summed E-state index contributed by atoms with van der Waals surface area (Å²) < 4.78 is 26.2. The maximum Gasteiger partial charge on any atom is 0.223 e. The van der Waals surface area contributed by atoms with Gasteiger partial charge in [-0.2, -0.15) is 0 Å². The fraction of sp³-hybridized carbons (Fsp3) is 0.231. The van der Waals surface area contributed by atoms with Crippen LogP contribution in [-0.4, -0.2) is 15.1 Å². The molecule has 0 radical (unpaired) electrons. The van der Waals surface area contributed by atoms with E-state index in [9.17, 15) is 8.78 Å². The van der Waals surface area contributed by atoms with E-state index in [1.54, 1.807) is 13.0 Å². The van der Waals surface area contributed by atoms with Gasteiger partial charge in [0.15, 0.2) is 5.82 Å². The van der Waals surface area contributed by atoms with Gasteiger partial charge in [0.05, 0.1) is 25.0 Å². The quantitative estimate of drug-likeness (QED) is 0.891. The number of rotatable bonds is 4. The number of anilines is 1. The van der Waals surface area contributed by atoms with Gasteiger partial charge in [0.1, 0.15) is 5.82 Å². The molecule has 100 valence electrons. The second-order valence-corrected chi connectivity index (χ2v) is 4.10. The van der Waals surface area contributed by atoms with Gasteiger partial charge in [-0.15, -0.1) is 0 Å². The van der Waals surface area contributed by atoms with Crippen molar-refractivity contribution in [3.05, 3.63) is 53.4 Å². The van der Waals surface area contributed by atoms with Crippen molar-refractivity contribution in [3.63, 3.8) is 0 Å². The molecular weight excluding hydrogens is 252 g/mol. The molecule has 0 aliphatic carbocycles. The van der Waals surface area contributed by atoms with Crippen molar-refractivity contribution in [2.24, 2.45) is 0 Å². The fourth-order valence-corrected chi connectivity index (χ4v) is 1.62. The van der Waals surface area contributed by atoms with Crippen molar-refractivity contribution in [1.82, 2.24) is 9.97 Å². The Morgan fingerprint density at radius 3 is 2.53 bits per heavy atom. The molecule has 19 heavy (non-hydrogen) atoms. The lowest BCUT2D eigenvalue weighted by atomic mass is 10.1. The number of hydrogen-bond acceptors (Lipinski definition) is 4. The number of aliphatic hydroxyl groups is 1. The van der Waals surface area contributed by atoms with E-state index >= 15 is 0 Å². The number of aromatic nitrogens is 2. The Kier molecular flexibility index (Phi) is 4.01. The van der Waals surface area contributed by atoms with Crippen molar-refractivity contribution in [2.75, 3.05) is 5.32 Å². The van der Waals surface area contributed by atoms with Crippen LogP contribution < -0.4 is 5.32 Å². The van der Waals surface area contributed by atoms with E-state index in [0.29, 0.717) is 5.56 Å². The fourth-order valence-electron chi connectivity index (χ4n) is 1.62. The summed E-state index contributed by atoms with van der Waals surface area (Å²) in [6.45, 7) is 1.47. The topological polar surface area (TPSA) is 58.0 Å². The Morgan fingerprint density at radius 1 is 1.26 bits per heavy atom. The molecule has 2 rings (SSSR count). The first-order valence-electron chi connectivity index (χ1n) is 5.73. The molecule has 0 aliphatic heterocycles. The SMILES string of the molecule is C[C@H](Nc1ncc(F)cn1)c1ccc(CO)c(F)c1. The summed E-state index contributed by atoms with van der Waals surface area (Å²) in [5.41, 5.74) is 0.927. The zero-order valence-electron chi connectivity index (χ0n) is 10.3. The Morgan fingerprint density at radius 2 is 1.95 bits per heavy atom. The van der Waals surface area contributed by atoms with Crippen LogP contribution in [0.25, 0.3) is 0 Å². The minimum Gasteiger partial charge on any atom is -0.392 e. The first kappa shape index (κ1) is 13.4. The number of halogens is 2. The Balaban J connectivity index is 2.13. The number of benzene rings is 1. The minimum atomic E-state index is -0.517. The van der Waals surface area contributed by atoms with Gasteiger partial charge in [-0.25, -0.2) is 18.7 Å². The van der Waals surface area contributed by atoms with Crippen molar-refractivity contribution >= 4 is 5.95 Å². The van der Waals surface area contributed by atoms with E-state index in [1.165, 1.54) is 12.1 Å². The molecule has 0 amide bonds. The zero-order chi connectivity index (χ0) is 13.8. The summed E-state index contributed by atoms with van der Waals surface area (Å²) in [5.74, 6) is -0.717. The zero-order valence-corrected chi connectivity index (χ0v) is 10.3. The van der Waals surface area contributed by atoms with Crippen molar-refractivity contribution in [3.8, 4) is 0 Å². The van der Waals surface area contributed by atoms with Gasteiger partial charge in [-0.3, -0.25) is 0 Å². The van der Waals surface area contributed by atoms with E-state index in [0.717, 1.165) is 12.4 Å². The molecule has 1 atom stereocenters. The molecule has 0 spiro atoms. The van der Waals surface area contributed by atoms with E-state index in [-0.39, 0.29) is 24.2 Å². The highest BCUT2D eigenvalue weighted by Crippen LogP contribution is 2.19. The first-order valence-corrected chi connectivity index (χ1v) is 5.73. The lowest BCUT2D eigenvalue weighted by molar-refractivity contribution is 0.275. The lowest BCUT2D eigenvalue weighted by Crippen LogP contribution is -2.10. The molecule has 0 fully saturated rings. The smallest absolute Gasteiger partial charge is 0.223 e. The Bertz CT molecular complexity index is 560. The van der Waals surface area contributed by atoms with Gasteiger partial charge in [0.25, 0.3) is 0 Å². The van der Waals surface area contributed by atoms with Crippen molar-refractivity contribution in [2.45, 2.75) is 19.6 Å². The number of nitrogens with one attached hydrogen (secondary N) is 1. The average molecular weight is 265 g/mol. The molecule has 0 unspecified atom stereocenters. The Hall–Kier alpha value is -2.08. The maximum absolute atomic E-state index is 13.5. The van der Waals surface area contributed by atoms with Crippen LogP contribution in [0.1, 0.15) is 24.1 Å². The van der Waals surface area contributed by atoms with Gasteiger partial charge < -0.3 is 10.4 Å². The Labute approximate surface area is 109 Å². The van der Waals surface area contributed by atoms with E-state index in [4.69, 9.17) is 5.11 Å². The molecule has 1 heterocycles. The normalized spacial score (nSPS) is 12.2. The molecule has 1 aromatic carbocycles. The summed E-state index contributed by atoms with van der Waals surface area (Å²) in [6.07, 6.45) is 2.11. The van der Waals surface area contributed by atoms with Crippen LogP contribution in [0.3, 0.4) is 0 Å². The molecule has 4 nitrogen and oxygen atoms in total. The summed E-state index contributed by atoms with van der Waals surface area (Å²) in [5, 5.41) is 11.8. The highest BCUT2D eigenvalue weighted by molar-refractivity contribution is 5.33. The van der Waals surface area contributed by atoms with Crippen LogP contribution in [0.4, 0.5) is 14.7 Å². The van der Waals surface area contributed by atoms with Crippen molar-refractivity contribution in [1.29, 1.82) is 0 Å². The van der Waals surface area contributed by atoms with E-state index in [2.05, 4.69) is 15.3 Å². The third-order valence-corrected chi connectivity index (χ3v) is 2.71. The molecule has 0 saturated carbocycles. The van der Waals surface area contributed by atoms with Gasteiger partial charge in [-0.05, 0) is 18.6 Å². The molecule has 2 aromatic rings. The number of aliphatic hydroxyl groups excluding tert-OH is 1. The van der Waals surface area contributed by atoms with Crippen LogP contribution >= 0.6 is 0 Å². The molecule has 1 aromatic heterocycles. The number of hydrogen-bond donors (Lipinski definition) is 2. The monoisotopic (exact) mass is 265 g/mol. The number of nitrogens with zero attached hydrogens (tertiary/aromatic N) is 2. The highest BCUT2D eigenvalue weighted by Gasteiger charge is 2.10.